The van der Waals surface area contributed by atoms with Crippen LogP contribution < -0.4 is 9.64 Å². The first kappa shape index (κ1) is 15.0. The van der Waals surface area contributed by atoms with Crippen LogP contribution in [0.15, 0.2) is 42.7 Å². The van der Waals surface area contributed by atoms with E-state index in [0.29, 0.717) is 12.2 Å². The molecule has 0 radical (unpaired) electrons. The predicted octanol–water partition coefficient (Wildman–Crippen LogP) is 3.11. The van der Waals surface area contributed by atoms with Gasteiger partial charge in [0.1, 0.15) is 18.6 Å². The Morgan fingerprint density at radius 1 is 1.29 bits per heavy atom. The Bertz CT molecular complexity index is 599. The molecule has 0 aliphatic rings. The lowest BCUT2D eigenvalue weighted by atomic mass is 10.1. The quantitative estimate of drug-likeness (QED) is 0.764. The van der Waals surface area contributed by atoms with Gasteiger partial charge in [-0.15, -0.1) is 0 Å². The van der Waals surface area contributed by atoms with E-state index in [1.165, 1.54) is 0 Å². The van der Waals surface area contributed by atoms with E-state index in [9.17, 15) is 4.79 Å². The number of pyridine rings is 1. The van der Waals surface area contributed by atoms with Gasteiger partial charge < -0.3 is 9.64 Å². The van der Waals surface area contributed by atoms with Gasteiger partial charge in [-0.3, -0.25) is 9.78 Å². The molecule has 2 aromatic rings. The zero-order valence-electron chi connectivity index (χ0n) is 12.6. The van der Waals surface area contributed by atoms with E-state index < -0.39 is 0 Å². The van der Waals surface area contributed by atoms with Gasteiger partial charge in [0.15, 0.2) is 0 Å². The standard InChI is InChI=1S/C17H20N2O2/c1-13-8-15(11-20)10-17(9-13)21-12-14(2)19(3)16-4-6-18-7-5-16/h4-11,14H,12H2,1-3H3. The zero-order valence-corrected chi connectivity index (χ0v) is 12.6. The van der Waals surface area contributed by atoms with Crippen LogP contribution in [0, 0.1) is 6.92 Å². The molecule has 0 saturated heterocycles. The minimum atomic E-state index is 0.201. The molecule has 21 heavy (non-hydrogen) atoms. The van der Waals surface area contributed by atoms with Crippen molar-refractivity contribution in [2.75, 3.05) is 18.6 Å². The van der Waals surface area contributed by atoms with Crippen LogP contribution in [-0.2, 0) is 0 Å². The summed E-state index contributed by atoms with van der Waals surface area (Å²) in [6.45, 7) is 4.59. The molecule has 0 saturated carbocycles. The third kappa shape index (κ3) is 4.05. The maximum absolute atomic E-state index is 10.9. The Hall–Kier alpha value is -2.36. The Labute approximate surface area is 125 Å². The number of hydrogen-bond donors (Lipinski definition) is 0. The summed E-state index contributed by atoms with van der Waals surface area (Å²) in [4.78, 5) is 17.0. The highest BCUT2D eigenvalue weighted by molar-refractivity contribution is 5.76. The highest BCUT2D eigenvalue weighted by atomic mass is 16.5. The van der Waals surface area contributed by atoms with Gasteiger partial charge in [0, 0.05) is 30.7 Å². The zero-order chi connectivity index (χ0) is 15.2. The molecule has 110 valence electrons. The van der Waals surface area contributed by atoms with Gasteiger partial charge in [-0.2, -0.15) is 0 Å². The molecule has 4 heteroatoms. The first-order chi connectivity index (χ1) is 10.1. The van der Waals surface area contributed by atoms with Crippen LogP contribution in [0.3, 0.4) is 0 Å². The fourth-order valence-electron chi connectivity index (χ4n) is 2.09. The number of hydrogen-bond acceptors (Lipinski definition) is 4. The summed E-state index contributed by atoms with van der Waals surface area (Å²) in [5, 5.41) is 0. The van der Waals surface area contributed by atoms with Gasteiger partial charge in [0.2, 0.25) is 0 Å². The van der Waals surface area contributed by atoms with E-state index in [-0.39, 0.29) is 6.04 Å². The lowest BCUT2D eigenvalue weighted by Gasteiger charge is -2.27. The molecule has 0 aliphatic carbocycles. The average Bonchev–Trinajstić information content (AvgIpc) is 2.52. The summed E-state index contributed by atoms with van der Waals surface area (Å²) in [6, 6.07) is 9.67. The van der Waals surface area contributed by atoms with E-state index in [2.05, 4.69) is 16.8 Å². The maximum atomic E-state index is 10.9. The number of carbonyl (C=O) groups excluding carboxylic acids is 1. The third-order valence-corrected chi connectivity index (χ3v) is 3.43. The van der Waals surface area contributed by atoms with Crippen molar-refractivity contribution in [3.63, 3.8) is 0 Å². The molecule has 2 rings (SSSR count). The summed E-state index contributed by atoms with van der Waals surface area (Å²) in [5.74, 6) is 0.729. The van der Waals surface area contributed by atoms with Gasteiger partial charge in [-0.05, 0) is 49.7 Å². The first-order valence-electron chi connectivity index (χ1n) is 6.92. The largest absolute Gasteiger partial charge is 0.491 e. The number of aromatic nitrogens is 1. The molecule has 4 nitrogen and oxygen atoms in total. The molecule has 1 heterocycles. The lowest BCUT2D eigenvalue weighted by Crippen LogP contribution is -2.34. The Balaban J connectivity index is 1.99. The average molecular weight is 284 g/mol. The van der Waals surface area contributed by atoms with Crippen LogP contribution in [0.4, 0.5) is 5.69 Å². The highest BCUT2D eigenvalue weighted by Crippen LogP contribution is 2.18. The normalized spacial score (nSPS) is 11.8. The van der Waals surface area contributed by atoms with Crippen molar-refractivity contribution in [2.45, 2.75) is 19.9 Å². The van der Waals surface area contributed by atoms with Gasteiger partial charge in [-0.25, -0.2) is 0 Å². The number of anilines is 1. The second-order valence-corrected chi connectivity index (χ2v) is 5.17. The molecule has 0 amide bonds. The molecule has 0 bridgehead atoms. The summed E-state index contributed by atoms with van der Waals surface area (Å²) in [6.07, 6.45) is 4.39. The van der Waals surface area contributed by atoms with Crippen molar-refractivity contribution >= 4 is 12.0 Å². The molecular weight excluding hydrogens is 264 g/mol. The van der Waals surface area contributed by atoms with Crippen LogP contribution in [0.5, 0.6) is 5.75 Å². The fourth-order valence-corrected chi connectivity index (χ4v) is 2.09. The summed E-state index contributed by atoms with van der Waals surface area (Å²) in [5.41, 5.74) is 2.75. The van der Waals surface area contributed by atoms with Crippen molar-refractivity contribution in [2.24, 2.45) is 0 Å². The van der Waals surface area contributed by atoms with E-state index in [1.54, 1.807) is 18.5 Å². The molecular formula is C17H20N2O2. The van der Waals surface area contributed by atoms with Crippen LogP contribution in [0.25, 0.3) is 0 Å². The van der Waals surface area contributed by atoms with Crippen LogP contribution >= 0.6 is 0 Å². The first-order valence-corrected chi connectivity index (χ1v) is 6.92. The number of aldehydes is 1. The Kier molecular flexibility index (Phi) is 4.93. The van der Waals surface area contributed by atoms with Crippen LogP contribution in [-0.4, -0.2) is 31.0 Å². The van der Waals surface area contributed by atoms with Crippen molar-refractivity contribution < 1.29 is 9.53 Å². The molecule has 1 unspecified atom stereocenters. The van der Waals surface area contributed by atoms with Gasteiger partial charge in [0.05, 0.1) is 6.04 Å². The predicted molar refractivity (Wildman–Crippen MR) is 84.2 cm³/mol. The molecule has 0 fully saturated rings. The SMILES string of the molecule is Cc1cc(C=O)cc(OCC(C)N(C)c2ccncc2)c1. The van der Waals surface area contributed by atoms with Crippen LogP contribution in [0.1, 0.15) is 22.8 Å². The molecule has 0 aliphatic heterocycles. The number of rotatable bonds is 6. The summed E-state index contributed by atoms with van der Waals surface area (Å²) < 4.78 is 5.82. The monoisotopic (exact) mass is 284 g/mol. The van der Waals surface area contributed by atoms with E-state index in [0.717, 1.165) is 23.3 Å². The Morgan fingerprint density at radius 3 is 2.67 bits per heavy atom. The minimum Gasteiger partial charge on any atom is -0.491 e. The van der Waals surface area contributed by atoms with Crippen molar-refractivity contribution in [1.29, 1.82) is 0 Å². The van der Waals surface area contributed by atoms with E-state index in [4.69, 9.17) is 4.74 Å². The molecule has 1 atom stereocenters. The van der Waals surface area contributed by atoms with Gasteiger partial charge >= 0.3 is 0 Å². The number of likely N-dealkylation sites (N-methyl/N-ethyl adjacent to an activating group) is 1. The van der Waals surface area contributed by atoms with Crippen molar-refractivity contribution in [3.05, 3.63) is 53.9 Å². The minimum absolute atomic E-state index is 0.201. The summed E-state index contributed by atoms with van der Waals surface area (Å²) >= 11 is 0. The maximum Gasteiger partial charge on any atom is 0.150 e. The number of carbonyl (C=O) groups is 1. The fraction of sp³-hybridized carbons (Fsp3) is 0.294. The van der Waals surface area contributed by atoms with Crippen molar-refractivity contribution in [3.8, 4) is 5.75 Å². The lowest BCUT2D eigenvalue weighted by molar-refractivity contribution is 0.112. The second kappa shape index (κ2) is 6.88. The van der Waals surface area contributed by atoms with E-state index in [1.807, 2.05) is 38.2 Å². The second-order valence-electron chi connectivity index (χ2n) is 5.17. The summed E-state index contributed by atoms with van der Waals surface area (Å²) in [7, 11) is 2.02. The van der Waals surface area contributed by atoms with Gasteiger partial charge in [-0.1, -0.05) is 0 Å². The van der Waals surface area contributed by atoms with Crippen molar-refractivity contribution in [1.82, 2.24) is 4.98 Å². The molecule has 0 spiro atoms. The molecule has 1 aromatic heterocycles. The molecule has 1 aromatic carbocycles. The topological polar surface area (TPSA) is 42.4 Å². The van der Waals surface area contributed by atoms with Gasteiger partial charge in [0.25, 0.3) is 0 Å². The number of ether oxygens (including phenoxy) is 1. The van der Waals surface area contributed by atoms with E-state index >= 15 is 0 Å². The number of aryl methyl sites for hydroxylation is 1. The third-order valence-electron chi connectivity index (χ3n) is 3.43. The number of benzene rings is 1. The Morgan fingerprint density at radius 2 is 2.00 bits per heavy atom. The smallest absolute Gasteiger partial charge is 0.150 e. The number of nitrogens with zero attached hydrogens (tertiary/aromatic N) is 2. The molecule has 0 N–H and O–H groups in total. The highest BCUT2D eigenvalue weighted by Gasteiger charge is 2.11. The van der Waals surface area contributed by atoms with Crippen LogP contribution in [0.2, 0.25) is 0 Å².